The molecule has 7 nitrogen and oxygen atoms in total. The number of nitrogens with zero attached hydrogens (tertiary/aromatic N) is 3. The molecular formula is C24H21N5O2. The zero-order valence-corrected chi connectivity index (χ0v) is 16.9. The van der Waals surface area contributed by atoms with Crippen LogP contribution in [0.2, 0.25) is 0 Å². The average molecular weight is 411 g/mol. The predicted octanol–water partition coefficient (Wildman–Crippen LogP) is 3.61. The van der Waals surface area contributed by atoms with Gasteiger partial charge in [-0.15, -0.1) is 0 Å². The van der Waals surface area contributed by atoms with Crippen LogP contribution >= 0.6 is 0 Å². The normalized spacial score (nSPS) is 10.5. The molecule has 0 aliphatic carbocycles. The van der Waals surface area contributed by atoms with Gasteiger partial charge in [-0.05, 0) is 37.3 Å². The fourth-order valence-corrected chi connectivity index (χ4v) is 3.16. The van der Waals surface area contributed by atoms with Gasteiger partial charge in [0, 0.05) is 18.0 Å². The Kier molecular flexibility index (Phi) is 5.84. The zero-order valence-electron chi connectivity index (χ0n) is 16.9. The van der Waals surface area contributed by atoms with Crippen molar-refractivity contribution in [1.29, 1.82) is 0 Å². The van der Waals surface area contributed by atoms with Gasteiger partial charge in [0.05, 0.1) is 29.7 Å². The van der Waals surface area contributed by atoms with Gasteiger partial charge in [-0.1, -0.05) is 42.0 Å². The van der Waals surface area contributed by atoms with Crippen molar-refractivity contribution < 1.29 is 9.59 Å². The van der Waals surface area contributed by atoms with Gasteiger partial charge < -0.3 is 10.6 Å². The number of pyridine rings is 1. The molecule has 0 bridgehead atoms. The smallest absolute Gasteiger partial charge is 0.255 e. The Hall–Kier alpha value is -4.26. The molecule has 0 fully saturated rings. The molecule has 2 aromatic carbocycles. The maximum absolute atomic E-state index is 13.0. The molecule has 2 amide bonds. The largest absolute Gasteiger partial charge is 0.343 e. The first-order chi connectivity index (χ1) is 15.1. The SMILES string of the molecule is Cc1cccc(-c2nn(-c3ccccc3)cc2C(=O)NCC(=O)Nc2cccnc2)c1. The Labute approximate surface area is 179 Å². The van der Waals surface area contributed by atoms with Crippen LogP contribution in [0.3, 0.4) is 0 Å². The number of carbonyl (C=O) groups excluding carboxylic acids is 2. The maximum Gasteiger partial charge on any atom is 0.255 e. The summed E-state index contributed by atoms with van der Waals surface area (Å²) in [5, 5.41) is 10.0. The van der Waals surface area contributed by atoms with E-state index < -0.39 is 0 Å². The summed E-state index contributed by atoms with van der Waals surface area (Å²) in [6, 6.07) is 20.8. The van der Waals surface area contributed by atoms with Crippen LogP contribution in [0.5, 0.6) is 0 Å². The summed E-state index contributed by atoms with van der Waals surface area (Å²) in [5.74, 6) is -0.714. The number of carbonyl (C=O) groups is 2. The van der Waals surface area contributed by atoms with Crippen molar-refractivity contribution in [2.45, 2.75) is 6.92 Å². The Morgan fingerprint density at radius 2 is 1.84 bits per heavy atom. The maximum atomic E-state index is 13.0. The van der Waals surface area contributed by atoms with Crippen molar-refractivity contribution in [3.05, 3.63) is 96.4 Å². The fourth-order valence-electron chi connectivity index (χ4n) is 3.16. The topological polar surface area (TPSA) is 88.9 Å². The summed E-state index contributed by atoms with van der Waals surface area (Å²) in [6.45, 7) is 1.82. The lowest BCUT2D eigenvalue weighted by Crippen LogP contribution is -2.33. The first-order valence-corrected chi connectivity index (χ1v) is 9.80. The number of anilines is 1. The highest BCUT2D eigenvalue weighted by atomic mass is 16.2. The van der Waals surface area contributed by atoms with Crippen LogP contribution in [-0.4, -0.2) is 33.1 Å². The number of aryl methyl sites for hydroxylation is 1. The molecule has 2 aromatic heterocycles. The third-order valence-electron chi connectivity index (χ3n) is 4.63. The molecule has 4 rings (SSSR count). The molecule has 4 aromatic rings. The van der Waals surface area contributed by atoms with Gasteiger partial charge in [-0.25, -0.2) is 4.68 Å². The second-order valence-electron chi connectivity index (χ2n) is 7.01. The third kappa shape index (κ3) is 4.84. The first-order valence-electron chi connectivity index (χ1n) is 9.80. The lowest BCUT2D eigenvalue weighted by atomic mass is 10.1. The van der Waals surface area contributed by atoms with E-state index in [1.54, 1.807) is 35.4 Å². The van der Waals surface area contributed by atoms with Gasteiger partial charge in [0.1, 0.15) is 5.69 Å². The van der Waals surface area contributed by atoms with Crippen molar-refractivity contribution >= 4 is 17.5 Å². The number of hydrogen-bond acceptors (Lipinski definition) is 4. The Morgan fingerprint density at radius 3 is 2.58 bits per heavy atom. The molecule has 0 saturated carbocycles. The van der Waals surface area contributed by atoms with Crippen molar-refractivity contribution in [3.8, 4) is 16.9 Å². The molecule has 154 valence electrons. The Bertz CT molecular complexity index is 1200. The molecule has 0 saturated heterocycles. The predicted molar refractivity (Wildman–Crippen MR) is 119 cm³/mol. The molecule has 0 aliphatic heterocycles. The second-order valence-corrected chi connectivity index (χ2v) is 7.01. The molecule has 0 spiro atoms. The molecule has 0 unspecified atom stereocenters. The molecule has 0 atom stereocenters. The lowest BCUT2D eigenvalue weighted by Gasteiger charge is -2.07. The van der Waals surface area contributed by atoms with E-state index in [1.807, 2.05) is 61.5 Å². The first kappa shape index (κ1) is 20.0. The molecular weight excluding hydrogens is 390 g/mol. The highest BCUT2D eigenvalue weighted by Gasteiger charge is 2.19. The minimum Gasteiger partial charge on any atom is -0.343 e. The van der Waals surface area contributed by atoms with E-state index in [1.165, 1.54) is 0 Å². The summed E-state index contributed by atoms with van der Waals surface area (Å²) in [6.07, 6.45) is 4.84. The van der Waals surface area contributed by atoms with Crippen LogP contribution in [0.15, 0.2) is 85.3 Å². The summed E-state index contributed by atoms with van der Waals surface area (Å²) in [5.41, 5.74) is 4.25. The van der Waals surface area contributed by atoms with Gasteiger partial charge in [-0.3, -0.25) is 14.6 Å². The third-order valence-corrected chi connectivity index (χ3v) is 4.63. The quantitative estimate of drug-likeness (QED) is 0.507. The van der Waals surface area contributed by atoms with Crippen LogP contribution in [0.4, 0.5) is 5.69 Å². The van der Waals surface area contributed by atoms with E-state index in [0.717, 1.165) is 16.8 Å². The van der Waals surface area contributed by atoms with E-state index in [2.05, 4.69) is 20.7 Å². The second kappa shape index (κ2) is 9.04. The number of aromatic nitrogens is 3. The number of hydrogen-bond donors (Lipinski definition) is 2. The number of nitrogens with one attached hydrogen (secondary N) is 2. The van der Waals surface area contributed by atoms with Crippen molar-refractivity contribution in [3.63, 3.8) is 0 Å². The minimum absolute atomic E-state index is 0.169. The standard InChI is InChI=1S/C24H21N5O2/c1-17-7-5-8-18(13-17)23-21(16-29(28-23)20-10-3-2-4-11-20)24(31)26-15-22(30)27-19-9-6-12-25-14-19/h2-14,16H,15H2,1H3,(H,26,31)(H,27,30). The van der Waals surface area contributed by atoms with E-state index in [4.69, 9.17) is 0 Å². The lowest BCUT2D eigenvalue weighted by molar-refractivity contribution is -0.115. The number of para-hydroxylation sites is 1. The highest BCUT2D eigenvalue weighted by Crippen LogP contribution is 2.24. The highest BCUT2D eigenvalue weighted by molar-refractivity contribution is 6.02. The minimum atomic E-state index is -0.375. The van der Waals surface area contributed by atoms with Gasteiger partial charge in [0.2, 0.25) is 5.91 Å². The summed E-state index contributed by atoms with van der Waals surface area (Å²) >= 11 is 0. The van der Waals surface area contributed by atoms with Gasteiger partial charge in [0.25, 0.3) is 5.91 Å². The van der Waals surface area contributed by atoms with E-state index in [0.29, 0.717) is 16.9 Å². The molecule has 2 heterocycles. The number of rotatable bonds is 6. The van der Waals surface area contributed by atoms with Crippen LogP contribution < -0.4 is 10.6 Å². The Morgan fingerprint density at radius 1 is 1.00 bits per heavy atom. The van der Waals surface area contributed by atoms with Gasteiger partial charge in [-0.2, -0.15) is 5.10 Å². The molecule has 0 radical (unpaired) electrons. The van der Waals surface area contributed by atoms with Gasteiger partial charge >= 0.3 is 0 Å². The molecule has 31 heavy (non-hydrogen) atoms. The molecule has 0 aliphatic rings. The van der Waals surface area contributed by atoms with Gasteiger partial charge in [0.15, 0.2) is 0 Å². The van der Waals surface area contributed by atoms with Crippen LogP contribution in [0, 0.1) is 6.92 Å². The van der Waals surface area contributed by atoms with Crippen LogP contribution in [0.25, 0.3) is 16.9 Å². The number of benzene rings is 2. The fraction of sp³-hybridized carbons (Fsp3) is 0.0833. The molecule has 7 heteroatoms. The Balaban J connectivity index is 1.57. The van der Waals surface area contributed by atoms with E-state index in [-0.39, 0.29) is 18.4 Å². The van der Waals surface area contributed by atoms with Crippen LogP contribution in [-0.2, 0) is 4.79 Å². The van der Waals surface area contributed by atoms with E-state index >= 15 is 0 Å². The average Bonchev–Trinajstić information content (AvgIpc) is 3.24. The van der Waals surface area contributed by atoms with Crippen LogP contribution in [0.1, 0.15) is 15.9 Å². The summed E-state index contributed by atoms with van der Waals surface area (Å²) in [7, 11) is 0. The monoisotopic (exact) mass is 411 g/mol. The van der Waals surface area contributed by atoms with Crippen molar-refractivity contribution in [2.75, 3.05) is 11.9 Å². The summed E-state index contributed by atoms with van der Waals surface area (Å²) < 4.78 is 1.67. The summed E-state index contributed by atoms with van der Waals surface area (Å²) in [4.78, 5) is 29.1. The van der Waals surface area contributed by atoms with Crippen molar-refractivity contribution in [1.82, 2.24) is 20.1 Å². The number of amides is 2. The van der Waals surface area contributed by atoms with Crippen molar-refractivity contribution in [2.24, 2.45) is 0 Å². The zero-order chi connectivity index (χ0) is 21.6. The van der Waals surface area contributed by atoms with E-state index in [9.17, 15) is 9.59 Å². The molecule has 2 N–H and O–H groups in total.